The van der Waals surface area contributed by atoms with Crippen LogP contribution in [0.1, 0.15) is 12.2 Å². The maximum Gasteiger partial charge on any atom is 0.256 e. The van der Waals surface area contributed by atoms with Crippen molar-refractivity contribution in [2.45, 2.75) is 38.5 Å². The highest BCUT2D eigenvalue weighted by Crippen LogP contribution is 2.33. The van der Waals surface area contributed by atoms with Gasteiger partial charge >= 0.3 is 0 Å². The number of hydrogen-bond acceptors (Lipinski definition) is 7. The van der Waals surface area contributed by atoms with Gasteiger partial charge < -0.3 is 19.4 Å². The van der Waals surface area contributed by atoms with Gasteiger partial charge in [-0.1, -0.05) is 6.07 Å². The van der Waals surface area contributed by atoms with Crippen LogP contribution >= 0.6 is 0 Å². The van der Waals surface area contributed by atoms with Crippen LogP contribution in [0.3, 0.4) is 0 Å². The first kappa shape index (κ1) is 25.3. The van der Waals surface area contributed by atoms with Crippen LogP contribution in [0.15, 0.2) is 30.5 Å². The Morgan fingerprint density at radius 1 is 1.19 bits per heavy atom. The van der Waals surface area contributed by atoms with Gasteiger partial charge in [0.2, 0.25) is 11.8 Å². The highest BCUT2D eigenvalue weighted by atomic mass is 19.3. The van der Waals surface area contributed by atoms with Crippen LogP contribution in [0.4, 0.5) is 19.1 Å². The molecule has 0 saturated carbocycles. The maximum atomic E-state index is 14.9. The van der Waals surface area contributed by atoms with Crippen LogP contribution in [-0.4, -0.2) is 88.1 Å². The first-order valence-electron chi connectivity index (χ1n) is 12.2. The van der Waals surface area contributed by atoms with E-state index in [1.165, 1.54) is 11.7 Å². The third kappa shape index (κ3) is 5.08. The van der Waals surface area contributed by atoms with E-state index >= 15 is 0 Å². The molecule has 37 heavy (non-hydrogen) atoms. The molecule has 0 spiro atoms. The number of nitrogens with one attached hydrogen (secondary N) is 1. The number of likely N-dealkylation sites (tertiary alicyclic amines) is 1. The van der Waals surface area contributed by atoms with Crippen molar-refractivity contribution in [2.24, 2.45) is 0 Å². The third-order valence-corrected chi connectivity index (χ3v) is 6.79. The van der Waals surface area contributed by atoms with E-state index < -0.39 is 25.2 Å². The third-order valence-electron chi connectivity index (χ3n) is 6.79. The molecule has 1 aliphatic heterocycles. The molecule has 0 amide bonds. The Bertz CT molecular complexity index is 1390. The number of methoxy groups -OCH3 is 2. The van der Waals surface area contributed by atoms with E-state index in [0.717, 1.165) is 17.7 Å². The topological polar surface area (TPSA) is 81.7 Å². The van der Waals surface area contributed by atoms with E-state index in [2.05, 4.69) is 20.4 Å². The molecule has 0 radical (unpaired) electrons. The Hall–Kier alpha value is -3.38. The minimum absolute atomic E-state index is 0.269. The molecule has 1 aromatic carbocycles. The summed E-state index contributed by atoms with van der Waals surface area (Å²) in [5.41, 5.74) is 3.46. The van der Waals surface area contributed by atoms with Gasteiger partial charge in [0.25, 0.3) is 6.43 Å². The van der Waals surface area contributed by atoms with Gasteiger partial charge in [-0.05, 0) is 37.1 Å². The zero-order valence-electron chi connectivity index (χ0n) is 21.0. The quantitative estimate of drug-likeness (QED) is 0.362. The number of rotatable bonds is 9. The second-order valence-electron chi connectivity index (χ2n) is 9.18. The van der Waals surface area contributed by atoms with Crippen molar-refractivity contribution in [3.63, 3.8) is 0 Å². The molecular formula is C25H30F3N7O2. The lowest BCUT2D eigenvalue weighted by atomic mass is 10.0. The number of benzene rings is 1. The fourth-order valence-corrected chi connectivity index (χ4v) is 4.93. The van der Waals surface area contributed by atoms with E-state index in [9.17, 15) is 13.2 Å². The molecule has 0 aliphatic carbocycles. The second-order valence-corrected chi connectivity index (χ2v) is 9.18. The van der Waals surface area contributed by atoms with Gasteiger partial charge in [0.15, 0.2) is 0 Å². The number of piperidine rings is 1. The number of imidazole rings is 1. The predicted octanol–water partition coefficient (Wildman–Crippen LogP) is 3.80. The van der Waals surface area contributed by atoms with E-state index in [4.69, 9.17) is 9.47 Å². The summed E-state index contributed by atoms with van der Waals surface area (Å²) in [5, 5.41) is 7.69. The van der Waals surface area contributed by atoms with E-state index in [0.29, 0.717) is 54.4 Å². The molecule has 4 heterocycles. The van der Waals surface area contributed by atoms with Gasteiger partial charge in [0, 0.05) is 38.5 Å². The SMILES string of the molecule is COCCN1CC[C@H](Nc2nc(OC)c3c(-c4ccc5nc(C)n(CC(F)F)c5c4)ccn3n2)[C@H](F)C1. The summed E-state index contributed by atoms with van der Waals surface area (Å²) in [6.45, 7) is 3.62. The summed E-state index contributed by atoms with van der Waals surface area (Å²) in [6.07, 6.45) is -1.19. The maximum absolute atomic E-state index is 14.9. The molecule has 198 valence electrons. The van der Waals surface area contributed by atoms with Gasteiger partial charge in [-0.25, -0.2) is 22.7 Å². The number of hydrogen-bond donors (Lipinski definition) is 1. The van der Waals surface area contributed by atoms with Crippen LogP contribution < -0.4 is 10.1 Å². The fraction of sp³-hybridized carbons (Fsp3) is 0.480. The summed E-state index contributed by atoms with van der Waals surface area (Å²) < 4.78 is 55.0. The Morgan fingerprint density at radius 3 is 2.76 bits per heavy atom. The number of aryl methyl sites for hydroxylation is 1. The van der Waals surface area contributed by atoms with Crippen LogP contribution in [0, 0.1) is 6.92 Å². The van der Waals surface area contributed by atoms with Gasteiger partial charge in [-0.15, -0.1) is 5.10 Å². The van der Waals surface area contributed by atoms with Gasteiger partial charge in [0.1, 0.15) is 17.5 Å². The zero-order chi connectivity index (χ0) is 26.1. The average molecular weight is 518 g/mol. The van der Waals surface area contributed by atoms with Crippen molar-refractivity contribution in [3.8, 4) is 17.0 Å². The molecule has 9 nitrogen and oxygen atoms in total. The van der Waals surface area contributed by atoms with E-state index in [1.807, 2.05) is 29.2 Å². The van der Waals surface area contributed by atoms with Crippen LogP contribution in [0.25, 0.3) is 27.7 Å². The summed E-state index contributed by atoms with van der Waals surface area (Å²) in [5.74, 6) is 1.12. The lowest BCUT2D eigenvalue weighted by molar-refractivity contribution is 0.0918. The Labute approximate surface area is 212 Å². The molecule has 12 heteroatoms. The second kappa shape index (κ2) is 10.5. The Balaban J connectivity index is 1.44. The van der Waals surface area contributed by atoms with Gasteiger partial charge in [0.05, 0.1) is 37.3 Å². The minimum atomic E-state index is -2.49. The van der Waals surface area contributed by atoms with Crippen LogP contribution in [0.2, 0.25) is 0 Å². The Morgan fingerprint density at radius 2 is 2.03 bits per heavy atom. The Kier molecular flexibility index (Phi) is 7.20. The number of fused-ring (bicyclic) bond motifs is 2. The smallest absolute Gasteiger partial charge is 0.256 e. The zero-order valence-corrected chi connectivity index (χ0v) is 21.0. The monoisotopic (exact) mass is 517 g/mol. The highest BCUT2D eigenvalue weighted by molar-refractivity contribution is 5.89. The van der Waals surface area contributed by atoms with Crippen molar-refractivity contribution in [3.05, 3.63) is 36.3 Å². The first-order chi connectivity index (χ1) is 17.9. The number of nitrogens with zero attached hydrogens (tertiary/aromatic N) is 6. The summed E-state index contributed by atoms with van der Waals surface area (Å²) in [7, 11) is 3.15. The molecule has 2 atom stereocenters. The summed E-state index contributed by atoms with van der Waals surface area (Å²) >= 11 is 0. The summed E-state index contributed by atoms with van der Waals surface area (Å²) in [4.78, 5) is 11.0. The largest absolute Gasteiger partial charge is 0.479 e. The highest BCUT2D eigenvalue weighted by Gasteiger charge is 2.30. The van der Waals surface area contributed by atoms with Crippen molar-refractivity contribution in [2.75, 3.05) is 45.8 Å². The van der Waals surface area contributed by atoms with Gasteiger partial charge in [-0.2, -0.15) is 4.98 Å². The summed E-state index contributed by atoms with van der Waals surface area (Å²) in [6, 6.07) is 6.98. The van der Waals surface area contributed by atoms with Crippen molar-refractivity contribution in [1.82, 2.24) is 29.0 Å². The number of aromatic nitrogens is 5. The molecule has 0 bridgehead atoms. The lowest BCUT2D eigenvalue weighted by Crippen LogP contribution is -2.48. The molecule has 1 saturated heterocycles. The number of halogens is 3. The molecule has 4 aromatic rings. The average Bonchev–Trinajstić information content (AvgIpc) is 3.44. The first-order valence-corrected chi connectivity index (χ1v) is 12.2. The molecule has 0 unspecified atom stereocenters. The molecule has 1 fully saturated rings. The van der Waals surface area contributed by atoms with E-state index in [-0.39, 0.29) is 5.95 Å². The van der Waals surface area contributed by atoms with Crippen molar-refractivity contribution >= 4 is 22.5 Å². The normalized spacial score (nSPS) is 18.8. The fourth-order valence-electron chi connectivity index (χ4n) is 4.93. The van der Waals surface area contributed by atoms with Crippen molar-refractivity contribution < 1.29 is 22.6 Å². The molecule has 5 rings (SSSR count). The van der Waals surface area contributed by atoms with E-state index in [1.54, 1.807) is 24.7 Å². The molecule has 3 aromatic heterocycles. The minimum Gasteiger partial charge on any atom is -0.479 e. The number of anilines is 1. The predicted molar refractivity (Wildman–Crippen MR) is 134 cm³/mol. The lowest BCUT2D eigenvalue weighted by Gasteiger charge is -2.34. The molecular weight excluding hydrogens is 487 g/mol. The molecule has 1 aliphatic rings. The number of ether oxygens (including phenoxy) is 2. The van der Waals surface area contributed by atoms with Crippen molar-refractivity contribution in [1.29, 1.82) is 0 Å². The number of alkyl halides is 3. The van der Waals surface area contributed by atoms with Crippen LogP contribution in [-0.2, 0) is 11.3 Å². The molecule has 1 N–H and O–H groups in total. The van der Waals surface area contributed by atoms with Gasteiger partial charge in [-0.3, -0.25) is 4.90 Å². The standard InChI is InChI=1S/C25H30F3N7O2/c1-15-29-20-5-4-16(12-21(20)34(15)14-22(27)28)17-6-9-35-23(17)24(37-3)31-25(32-35)30-19-7-8-33(10-11-36-2)13-18(19)26/h4-6,9,12,18-19,22H,7-8,10-11,13-14H2,1-3H3,(H,30,32)/t18-,19+/m1/s1. The van der Waals surface area contributed by atoms with Crippen LogP contribution in [0.5, 0.6) is 5.88 Å².